The van der Waals surface area contributed by atoms with Crippen molar-refractivity contribution in [2.24, 2.45) is 0 Å². The molecular formula is C15H17BrFNO4. The summed E-state index contributed by atoms with van der Waals surface area (Å²) in [7, 11) is 0. The number of rotatable bonds is 7. The number of halogens is 2. The summed E-state index contributed by atoms with van der Waals surface area (Å²) in [6, 6.07) is 4.25. The van der Waals surface area contributed by atoms with Crippen LogP contribution in [0.2, 0.25) is 0 Å². The zero-order valence-corrected chi connectivity index (χ0v) is 13.7. The van der Waals surface area contributed by atoms with Gasteiger partial charge in [0, 0.05) is 12.0 Å². The third-order valence-electron chi connectivity index (χ3n) is 3.11. The van der Waals surface area contributed by atoms with Crippen LogP contribution in [0.4, 0.5) is 9.18 Å². The maximum absolute atomic E-state index is 13.3. The van der Waals surface area contributed by atoms with Crippen molar-refractivity contribution in [3.8, 4) is 0 Å². The molecule has 0 aliphatic carbocycles. The van der Waals surface area contributed by atoms with Gasteiger partial charge in [0.25, 0.3) is 0 Å². The minimum atomic E-state index is -1.02. The Labute approximate surface area is 136 Å². The van der Waals surface area contributed by atoms with Crippen molar-refractivity contribution in [2.45, 2.75) is 18.8 Å². The number of amides is 1. The number of benzene rings is 1. The van der Waals surface area contributed by atoms with E-state index < -0.39 is 23.3 Å². The molecule has 1 unspecified atom stereocenters. The maximum Gasteiger partial charge on any atom is 0.407 e. The summed E-state index contributed by atoms with van der Waals surface area (Å²) >= 11 is 3.07. The van der Waals surface area contributed by atoms with Crippen molar-refractivity contribution >= 4 is 28.0 Å². The lowest BCUT2D eigenvalue weighted by Gasteiger charge is -2.29. The first-order valence-electron chi connectivity index (χ1n) is 6.47. The number of nitrogens with one attached hydrogen (secondary N) is 1. The van der Waals surface area contributed by atoms with Crippen molar-refractivity contribution < 1.29 is 23.8 Å². The van der Waals surface area contributed by atoms with E-state index >= 15 is 0 Å². The number of carboxylic acids is 1. The average Bonchev–Trinajstić information content (AvgIpc) is 2.45. The number of aliphatic carboxylic acids is 1. The highest BCUT2D eigenvalue weighted by molar-refractivity contribution is 9.10. The van der Waals surface area contributed by atoms with Crippen molar-refractivity contribution in [1.82, 2.24) is 5.32 Å². The molecule has 1 aromatic rings. The van der Waals surface area contributed by atoms with Crippen LogP contribution in [0, 0.1) is 5.82 Å². The van der Waals surface area contributed by atoms with Crippen molar-refractivity contribution in [2.75, 3.05) is 13.2 Å². The molecule has 0 aliphatic rings. The van der Waals surface area contributed by atoms with E-state index in [4.69, 9.17) is 9.84 Å². The molecule has 0 spiro atoms. The second kappa shape index (κ2) is 7.93. The zero-order chi connectivity index (χ0) is 16.8. The highest BCUT2D eigenvalue weighted by atomic mass is 79.9. The molecule has 1 rings (SSSR count). The minimum absolute atomic E-state index is 0.0351. The van der Waals surface area contributed by atoms with Gasteiger partial charge in [-0.15, -0.1) is 0 Å². The second-order valence-corrected chi connectivity index (χ2v) is 5.86. The van der Waals surface area contributed by atoms with Gasteiger partial charge in [-0.2, -0.15) is 0 Å². The quantitative estimate of drug-likeness (QED) is 0.719. The Morgan fingerprint density at radius 1 is 1.55 bits per heavy atom. The Morgan fingerprint density at radius 2 is 2.23 bits per heavy atom. The molecule has 1 aromatic carbocycles. The summed E-state index contributed by atoms with van der Waals surface area (Å²) in [6.45, 7) is 5.19. The fourth-order valence-electron chi connectivity index (χ4n) is 1.92. The van der Waals surface area contributed by atoms with E-state index in [2.05, 4.69) is 27.8 Å². The summed E-state index contributed by atoms with van der Waals surface area (Å²) in [5.74, 6) is -1.47. The molecule has 120 valence electrons. The monoisotopic (exact) mass is 373 g/mol. The van der Waals surface area contributed by atoms with Gasteiger partial charge in [0.1, 0.15) is 12.4 Å². The van der Waals surface area contributed by atoms with Gasteiger partial charge >= 0.3 is 12.1 Å². The maximum atomic E-state index is 13.3. The van der Waals surface area contributed by atoms with E-state index in [0.717, 1.165) is 0 Å². The Hall–Kier alpha value is -1.89. The van der Waals surface area contributed by atoms with Crippen LogP contribution in [0.15, 0.2) is 35.3 Å². The van der Waals surface area contributed by atoms with E-state index in [9.17, 15) is 14.0 Å². The molecule has 22 heavy (non-hydrogen) atoms. The van der Waals surface area contributed by atoms with E-state index in [0.29, 0.717) is 5.56 Å². The molecule has 2 N–H and O–H groups in total. The summed E-state index contributed by atoms with van der Waals surface area (Å²) in [5.41, 5.74) is -0.317. The van der Waals surface area contributed by atoms with Gasteiger partial charge in [0.05, 0.1) is 10.9 Å². The predicted molar refractivity (Wildman–Crippen MR) is 83.3 cm³/mol. The van der Waals surface area contributed by atoms with Crippen LogP contribution in [0.1, 0.15) is 18.9 Å². The van der Waals surface area contributed by atoms with Gasteiger partial charge in [-0.25, -0.2) is 9.18 Å². The van der Waals surface area contributed by atoms with Crippen LogP contribution in [-0.2, 0) is 14.9 Å². The molecule has 1 amide bonds. The molecular weight excluding hydrogens is 357 g/mol. The fraction of sp³-hybridized carbons (Fsp3) is 0.333. The molecule has 0 aliphatic heterocycles. The lowest BCUT2D eigenvalue weighted by molar-refractivity contribution is -0.138. The third-order valence-corrected chi connectivity index (χ3v) is 3.72. The normalized spacial score (nSPS) is 13.0. The van der Waals surface area contributed by atoms with Crippen molar-refractivity contribution in [1.29, 1.82) is 0 Å². The highest BCUT2D eigenvalue weighted by Crippen LogP contribution is 2.30. The van der Waals surface area contributed by atoms with Crippen molar-refractivity contribution in [3.05, 3.63) is 46.7 Å². The topological polar surface area (TPSA) is 75.6 Å². The van der Waals surface area contributed by atoms with Crippen LogP contribution >= 0.6 is 15.9 Å². The first-order chi connectivity index (χ1) is 10.3. The first-order valence-corrected chi connectivity index (χ1v) is 7.26. The van der Waals surface area contributed by atoms with Gasteiger partial charge in [-0.3, -0.25) is 4.79 Å². The number of carbonyl (C=O) groups is 2. The van der Waals surface area contributed by atoms with Gasteiger partial charge in [-0.05, 0) is 33.6 Å². The van der Waals surface area contributed by atoms with E-state index in [1.54, 1.807) is 6.92 Å². The average molecular weight is 374 g/mol. The molecule has 0 fully saturated rings. The molecule has 0 bridgehead atoms. The van der Waals surface area contributed by atoms with Gasteiger partial charge in [0.15, 0.2) is 0 Å². The first kappa shape index (κ1) is 18.2. The van der Waals surface area contributed by atoms with E-state index in [-0.39, 0.29) is 24.0 Å². The van der Waals surface area contributed by atoms with Crippen molar-refractivity contribution in [3.63, 3.8) is 0 Å². The summed E-state index contributed by atoms with van der Waals surface area (Å²) < 4.78 is 18.4. The largest absolute Gasteiger partial charge is 0.481 e. The molecule has 0 radical (unpaired) electrons. The van der Waals surface area contributed by atoms with Gasteiger partial charge < -0.3 is 15.2 Å². The number of carboxylic acid groups (broad SMARTS) is 1. The number of hydrogen-bond donors (Lipinski definition) is 2. The molecule has 7 heteroatoms. The minimum Gasteiger partial charge on any atom is -0.481 e. The lowest BCUT2D eigenvalue weighted by Crippen LogP contribution is -2.40. The Balaban J connectivity index is 2.93. The third kappa shape index (κ3) is 5.14. The van der Waals surface area contributed by atoms with Crippen LogP contribution < -0.4 is 5.32 Å². The molecule has 0 saturated carbocycles. The molecule has 0 heterocycles. The van der Waals surface area contributed by atoms with Gasteiger partial charge in [0.2, 0.25) is 0 Å². The number of carbonyl (C=O) groups excluding carboxylic acids is 1. The Kier molecular flexibility index (Phi) is 6.55. The van der Waals surface area contributed by atoms with Crippen LogP contribution in [0.3, 0.4) is 0 Å². The Bertz CT molecular complexity index is 579. The number of hydrogen-bond acceptors (Lipinski definition) is 3. The van der Waals surface area contributed by atoms with Crippen LogP contribution in [0.5, 0.6) is 0 Å². The van der Waals surface area contributed by atoms with E-state index in [1.807, 2.05) is 0 Å². The molecule has 0 aromatic heterocycles. The zero-order valence-electron chi connectivity index (χ0n) is 12.1. The summed E-state index contributed by atoms with van der Waals surface area (Å²) in [4.78, 5) is 22.6. The SMILES string of the molecule is C=CCOC(=O)NCC(C)(CC(=O)O)c1ccc(F)c(Br)c1. The fourth-order valence-corrected chi connectivity index (χ4v) is 2.30. The standard InChI is InChI=1S/C15H17BrFNO4/c1-3-6-22-14(21)18-9-15(2,8-13(19)20)10-4-5-12(17)11(16)7-10/h3-5,7H,1,6,8-9H2,2H3,(H,18,21)(H,19,20). The number of alkyl carbamates (subject to hydrolysis) is 1. The number of ether oxygens (including phenoxy) is 1. The molecule has 0 saturated heterocycles. The molecule has 1 atom stereocenters. The summed E-state index contributed by atoms with van der Waals surface area (Å²) in [6.07, 6.45) is 0.526. The second-order valence-electron chi connectivity index (χ2n) is 5.00. The Morgan fingerprint density at radius 3 is 2.77 bits per heavy atom. The predicted octanol–water partition coefficient (Wildman–Crippen LogP) is 3.23. The molecule has 5 nitrogen and oxygen atoms in total. The van der Waals surface area contributed by atoms with Gasteiger partial charge in [-0.1, -0.05) is 25.6 Å². The summed E-state index contributed by atoms with van der Waals surface area (Å²) in [5, 5.41) is 11.6. The smallest absolute Gasteiger partial charge is 0.407 e. The van der Waals surface area contributed by atoms with Crippen LogP contribution in [0.25, 0.3) is 0 Å². The van der Waals surface area contributed by atoms with E-state index in [1.165, 1.54) is 24.3 Å². The highest BCUT2D eigenvalue weighted by Gasteiger charge is 2.31. The van der Waals surface area contributed by atoms with Crippen LogP contribution in [-0.4, -0.2) is 30.3 Å². The lowest BCUT2D eigenvalue weighted by atomic mass is 9.79.